The second kappa shape index (κ2) is 14.7. The van der Waals surface area contributed by atoms with Crippen molar-refractivity contribution >= 4 is 29.3 Å². The number of hydrogen-bond acceptors (Lipinski definition) is 8. The average Bonchev–Trinajstić information content (AvgIpc) is 3.75. The van der Waals surface area contributed by atoms with E-state index in [0.717, 1.165) is 23.7 Å². The first-order valence-electron chi connectivity index (χ1n) is 21.2. The Morgan fingerprint density at radius 2 is 1.65 bits per heavy atom. The van der Waals surface area contributed by atoms with Gasteiger partial charge in [-0.2, -0.15) is 5.10 Å². The highest BCUT2D eigenvalue weighted by molar-refractivity contribution is 7.70. The molecule has 1 saturated carbocycles. The lowest BCUT2D eigenvalue weighted by Crippen LogP contribution is -2.41. The molecule has 1 aliphatic carbocycles. The molecule has 1 amide bonds. The van der Waals surface area contributed by atoms with E-state index in [1.54, 1.807) is 47.8 Å². The standard InChI is InChI=1S/C46H47F2N8O6P/c1-25-19-33(20-26(2)40(25)48)56-41(54-16-15-53(45(54)59)32-8-10-38(34(47)23-32)63(5,6)60)39-28(4)52(14-11-35(39)50-56)42(57)37-22-31-21-30(29-12-17-61-18-13-29)7-9-36(31)55(37)46(24-27(46)3)43-49-44(58)62-51-43/h7-10,15-16,19-23,27-29H,11-14,17-18,24H2,1-6H3,(H,49,51,58)/t27-,28-,46-/m0/s1. The predicted molar refractivity (Wildman–Crippen MR) is 233 cm³/mol. The Morgan fingerprint density at radius 3 is 2.30 bits per heavy atom. The van der Waals surface area contributed by atoms with Crippen LogP contribution in [0.2, 0.25) is 0 Å². The molecule has 6 heterocycles. The van der Waals surface area contributed by atoms with E-state index >= 15 is 13.6 Å². The molecule has 10 rings (SSSR count). The van der Waals surface area contributed by atoms with Crippen molar-refractivity contribution < 1.29 is 27.4 Å². The van der Waals surface area contributed by atoms with Crippen molar-refractivity contribution in [2.75, 3.05) is 33.1 Å². The van der Waals surface area contributed by atoms with Gasteiger partial charge in [0.05, 0.1) is 23.1 Å². The summed E-state index contributed by atoms with van der Waals surface area (Å²) in [6.45, 7) is 11.9. The van der Waals surface area contributed by atoms with Gasteiger partial charge in [-0.3, -0.25) is 23.4 Å². The van der Waals surface area contributed by atoms with Gasteiger partial charge < -0.3 is 18.8 Å². The van der Waals surface area contributed by atoms with Crippen molar-refractivity contribution in [3.63, 3.8) is 0 Å². The molecule has 17 heteroatoms. The zero-order chi connectivity index (χ0) is 44.3. The van der Waals surface area contributed by atoms with Crippen molar-refractivity contribution in [2.45, 2.75) is 70.9 Å². The number of hydrogen-bond donors (Lipinski definition) is 1. The number of halogens is 2. The number of imidazole rings is 1. The maximum absolute atomic E-state index is 15.4. The zero-order valence-electron chi connectivity index (χ0n) is 35.8. The van der Waals surface area contributed by atoms with Crippen molar-refractivity contribution in [2.24, 2.45) is 5.92 Å². The zero-order valence-corrected chi connectivity index (χ0v) is 36.7. The summed E-state index contributed by atoms with van der Waals surface area (Å²) < 4.78 is 60.2. The number of H-pyrrole nitrogens is 1. The third-order valence-electron chi connectivity index (χ3n) is 13.4. The second-order valence-electron chi connectivity index (χ2n) is 17.8. The highest BCUT2D eigenvalue weighted by Crippen LogP contribution is 2.56. The Kier molecular flexibility index (Phi) is 9.57. The van der Waals surface area contributed by atoms with E-state index in [1.165, 1.54) is 46.4 Å². The molecule has 0 bridgehead atoms. The van der Waals surface area contributed by atoms with Crippen molar-refractivity contribution in [3.05, 3.63) is 139 Å². The van der Waals surface area contributed by atoms with Crippen LogP contribution in [0.15, 0.2) is 81.1 Å². The molecule has 1 N–H and O–H groups in total. The van der Waals surface area contributed by atoms with E-state index in [-0.39, 0.29) is 28.6 Å². The van der Waals surface area contributed by atoms with Crippen LogP contribution in [0, 0.1) is 31.4 Å². The number of aryl methyl sites for hydroxylation is 2. The van der Waals surface area contributed by atoms with Crippen LogP contribution in [0.3, 0.4) is 0 Å². The highest BCUT2D eigenvalue weighted by Gasteiger charge is 2.59. The molecule has 63 heavy (non-hydrogen) atoms. The molecule has 2 aliphatic heterocycles. The van der Waals surface area contributed by atoms with Crippen LogP contribution in [0.1, 0.15) is 89.3 Å². The predicted octanol–water partition coefficient (Wildman–Crippen LogP) is 7.02. The molecule has 3 aromatic carbocycles. The van der Waals surface area contributed by atoms with Gasteiger partial charge in [0.15, 0.2) is 5.82 Å². The van der Waals surface area contributed by atoms with Gasteiger partial charge in [-0.1, -0.05) is 18.1 Å². The van der Waals surface area contributed by atoms with Crippen LogP contribution in [0.5, 0.6) is 0 Å². The average molecular weight is 877 g/mol. The maximum atomic E-state index is 15.4. The Balaban J connectivity index is 1.12. The lowest BCUT2D eigenvalue weighted by Gasteiger charge is -2.34. The van der Waals surface area contributed by atoms with Gasteiger partial charge in [0.2, 0.25) is 0 Å². The molecule has 0 radical (unpaired) electrons. The summed E-state index contributed by atoms with van der Waals surface area (Å²) in [7, 11) is -2.93. The number of rotatable bonds is 8. The Labute approximate surface area is 360 Å². The molecule has 4 aromatic heterocycles. The Bertz CT molecular complexity index is 3160. The quantitative estimate of drug-likeness (QED) is 0.160. The lowest BCUT2D eigenvalue weighted by molar-refractivity contribution is 0.0663. The highest BCUT2D eigenvalue weighted by atomic mass is 31.2. The summed E-state index contributed by atoms with van der Waals surface area (Å²) in [6, 6.07) is 15.1. The fraction of sp³-hybridized carbons (Fsp3) is 0.370. The minimum atomic E-state index is -2.93. The smallest absolute Gasteiger partial charge is 0.381 e. The van der Waals surface area contributed by atoms with Gasteiger partial charge in [-0.15, -0.1) is 0 Å². The summed E-state index contributed by atoms with van der Waals surface area (Å²) in [5.74, 6) is -0.966. The van der Waals surface area contributed by atoms with E-state index in [4.69, 9.17) is 14.4 Å². The SMILES string of the molecule is Cc1cc(-n2nc3c(c2-n2ccn(-c4ccc(P(C)(C)=O)c(F)c4)c2=O)[C@H](C)N(C(=O)c2cc4cc(C5CCOCC5)ccc4n2[C@@]2(c4noc(=O)[nH]4)C[C@@H]2C)CC3)cc(C)c1F. The minimum Gasteiger partial charge on any atom is -0.381 e. The third kappa shape index (κ3) is 6.51. The van der Waals surface area contributed by atoms with E-state index < -0.39 is 36.0 Å². The first-order valence-corrected chi connectivity index (χ1v) is 23.8. The van der Waals surface area contributed by atoms with E-state index in [9.17, 15) is 14.2 Å². The number of nitrogens with zero attached hydrogens (tertiary/aromatic N) is 7. The number of fused-ring (bicyclic) bond motifs is 2. The van der Waals surface area contributed by atoms with Crippen molar-refractivity contribution in [1.82, 2.24) is 38.5 Å². The number of carbonyl (C=O) groups excluding carboxylic acids is 1. The number of aromatic nitrogens is 7. The van der Waals surface area contributed by atoms with E-state index in [1.807, 2.05) is 23.6 Å². The van der Waals surface area contributed by atoms with Crippen LogP contribution in [-0.4, -0.2) is 77.5 Å². The van der Waals surface area contributed by atoms with Gasteiger partial charge in [0, 0.05) is 60.3 Å². The summed E-state index contributed by atoms with van der Waals surface area (Å²) >= 11 is 0. The van der Waals surface area contributed by atoms with Gasteiger partial charge in [-0.25, -0.2) is 23.1 Å². The van der Waals surface area contributed by atoms with Gasteiger partial charge in [-0.05, 0) is 130 Å². The molecule has 2 fully saturated rings. The molecule has 0 unspecified atom stereocenters. The summed E-state index contributed by atoms with van der Waals surface area (Å²) in [4.78, 5) is 46.9. The topological polar surface area (TPSA) is 155 Å². The summed E-state index contributed by atoms with van der Waals surface area (Å²) in [5, 5.41) is 10.2. The molecule has 3 aliphatic rings. The molecule has 14 nitrogen and oxygen atoms in total. The number of ether oxygens (including phenoxy) is 1. The summed E-state index contributed by atoms with van der Waals surface area (Å²) in [6.07, 6.45) is 5.83. The molecule has 7 aromatic rings. The van der Waals surface area contributed by atoms with Crippen molar-refractivity contribution in [1.29, 1.82) is 0 Å². The Hall–Kier alpha value is -6.12. The van der Waals surface area contributed by atoms with Crippen LogP contribution in [0.4, 0.5) is 8.78 Å². The molecule has 326 valence electrons. The normalized spacial score (nSPS) is 20.4. The van der Waals surface area contributed by atoms with E-state index in [2.05, 4.69) is 29.2 Å². The van der Waals surface area contributed by atoms with Gasteiger partial charge >= 0.3 is 11.4 Å². The van der Waals surface area contributed by atoms with Crippen LogP contribution in [-0.2, 0) is 21.3 Å². The molecule has 1 saturated heterocycles. The maximum Gasteiger partial charge on any atom is 0.438 e. The Morgan fingerprint density at radius 1 is 0.937 bits per heavy atom. The number of carbonyl (C=O) groups is 1. The minimum absolute atomic E-state index is 0.00227. The largest absolute Gasteiger partial charge is 0.438 e. The monoisotopic (exact) mass is 876 g/mol. The van der Waals surface area contributed by atoms with E-state index in [0.29, 0.717) is 83.9 Å². The van der Waals surface area contributed by atoms with Gasteiger partial charge in [0.25, 0.3) is 5.91 Å². The molecular formula is C46H47F2N8O6P. The second-order valence-corrected chi connectivity index (χ2v) is 20.9. The molecule has 0 spiro atoms. The van der Waals surface area contributed by atoms with Gasteiger partial charge in [0.1, 0.15) is 35.8 Å². The summed E-state index contributed by atoms with van der Waals surface area (Å²) in [5.41, 5.74) is 3.82. The number of aromatic amines is 1. The first-order chi connectivity index (χ1) is 30.1. The molecular weight excluding hydrogens is 830 g/mol. The number of nitrogens with one attached hydrogen (secondary N) is 1. The van der Waals surface area contributed by atoms with Crippen LogP contribution in [0.25, 0.3) is 28.1 Å². The first kappa shape index (κ1) is 40.9. The third-order valence-corrected chi connectivity index (χ3v) is 15.0. The molecule has 3 atom stereocenters. The fourth-order valence-corrected chi connectivity index (χ4v) is 11.0. The fourth-order valence-electron chi connectivity index (χ4n) is 10.0. The lowest BCUT2D eigenvalue weighted by atomic mass is 9.91. The van der Waals surface area contributed by atoms with Crippen LogP contribution >= 0.6 is 7.14 Å². The number of benzene rings is 3. The van der Waals surface area contributed by atoms with Crippen LogP contribution < -0.4 is 16.8 Å². The number of amides is 1. The van der Waals surface area contributed by atoms with Crippen molar-refractivity contribution in [3.8, 4) is 17.2 Å².